The average Bonchev–Trinajstić information content (AvgIpc) is 2.79. The minimum absolute atomic E-state index is 0.111. The van der Waals surface area contributed by atoms with Gasteiger partial charge in [0.25, 0.3) is 0 Å². The van der Waals surface area contributed by atoms with E-state index in [0.29, 0.717) is 5.92 Å². The summed E-state index contributed by atoms with van der Waals surface area (Å²) in [6, 6.07) is 0. The normalized spacial score (nSPS) is 14.3. The molecule has 0 rings (SSSR count). The van der Waals surface area contributed by atoms with Crippen LogP contribution in [-0.4, -0.2) is 11.2 Å². The molecular formula is C32H62O. The summed E-state index contributed by atoms with van der Waals surface area (Å²) in [5.41, 5.74) is 0. The van der Waals surface area contributed by atoms with E-state index in [0.717, 1.165) is 18.3 Å². The summed E-state index contributed by atoms with van der Waals surface area (Å²) in [6.07, 6.45) is 33.2. The van der Waals surface area contributed by atoms with Gasteiger partial charge in [0.05, 0.1) is 6.10 Å². The second-order valence-corrected chi connectivity index (χ2v) is 11.1. The van der Waals surface area contributed by atoms with Crippen molar-refractivity contribution >= 4 is 0 Å². The van der Waals surface area contributed by atoms with Gasteiger partial charge in [-0.3, -0.25) is 0 Å². The van der Waals surface area contributed by atoms with Crippen LogP contribution in [0.1, 0.15) is 157 Å². The van der Waals surface area contributed by atoms with Gasteiger partial charge < -0.3 is 5.11 Å². The first-order valence-electron chi connectivity index (χ1n) is 15.0. The first kappa shape index (κ1) is 32.4. The molecule has 0 saturated carbocycles. The molecule has 2 unspecified atom stereocenters. The third-order valence-electron chi connectivity index (χ3n) is 7.15. The van der Waals surface area contributed by atoms with Crippen LogP contribution in [0.4, 0.5) is 0 Å². The Hall–Kier alpha value is -0.560. The molecule has 0 aromatic rings. The molecule has 1 N–H and O–H groups in total. The molecule has 1 nitrogen and oxygen atoms in total. The van der Waals surface area contributed by atoms with Gasteiger partial charge in [-0.15, -0.1) is 0 Å². The van der Waals surface area contributed by atoms with Crippen molar-refractivity contribution in [1.29, 1.82) is 0 Å². The van der Waals surface area contributed by atoms with Gasteiger partial charge >= 0.3 is 0 Å². The summed E-state index contributed by atoms with van der Waals surface area (Å²) in [6.45, 7) is 11.6. The average molecular weight is 463 g/mol. The molecule has 33 heavy (non-hydrogen) atoms. The first-order chi connectivity index (χ1) is 16.0. The summed E-state index contributed by atoms with van der Waals surface area (Å²) in [4.78, 5) is 0. The molecule has 0 amide bonds. The Balaban J connectivity index is 4.35. The van der Waals surface area contributed by atoms with Gasteiger partial charge in [0.1, 0.15) is 0 Å². The van der Waals surface area contributed by atoms with Crippen molar-refractivity contribution in [2.75, 3.05) is 0 Å². The van der Waals surface area contributed by atoms with E-state index in [4.69, 9.17) is 0 Å². The summed E-state index contributed by atoms with van der Waals surface area (Å²) in [5.74, 6) is 2.04. The van der Waals surface area contributed by atoms with Crippen LogP contribution >= 0.6 is 0 Å². The fraction of sp³-hybridized carbons (Fsp3) is 0.875. The van der Waals surface area contributed by atoms with Crippen LogP contribution in [0.15, 0.2) is 24.3 Å². The highest BCUT2D eigenvalue weighted by Crippen LogP contribution is 2.26. The lowest BCUT2D eigenvalue weighted by Crippen LogP contribution is -2.21. The molecule has 0 aromatic carbocycles. The minimum atomic E-state index is -0.111. The lowest BCUT2D eigenvalue weighted by atomic mass is 9.86. The molecule has 0 spiro atoms. The monoisotopic (exact) mass is 462 g/mol. The highest BCUT2D eigenvalue weighted by Gasteiger charge is 2.19. The van der Waals surface area contributed by atoms with Gasteiger partial charge in [0, 0.05) is 0 Å². The Labute approximate surface area is 209 Å². The summed E-state index contributed by atoms with van der Waals surface area (Å²) in [5, 5.41) is 11.0. The van der Waals surface area contributed by atoms with Crippen LogP contribution in [0.5, 0.6) is 0 Å². The van der Waals surface area contributed by atoms with Crippen LogP contribution in [0.3, 0.4) is 0 Å². The third kappa shape index (κ3) is 23.0. The smallest absolute Gasteiger partial charge is 0.0568 e. The Bertz CT molecular complexity index is 410. The van der Waals surface area contributed by atoms with Gasteiger partial charge in [-0.25, -0.2) is 0 Å². The molecule has 0 fully saturated rings. The van der Waals surface area contributed by atoms with Crippen molar-refractivity contribution in [3.8, 4) is 0 Å². The van der Waals surface area contributed by atoms with Crippen LogP contribution in [0.2, 0.25) is 0 Å². The largest absolute Gasteiger partial charge is 0.393 e. The van der Waals surface area contributed by atoms with E-state index in [1.807, 2.05) is 0 Å². The van der Waals surface area contributed by atoms with Gasteiger partial charge in [-0.2, -0.15) is 0 Å². The standard InChI is InChI=1S/C32H62O/c1-6-8-10-12-14-16-18-20-25-31(26-21-19-17-15-13-11-9-7-2)32(33)28-27-30(5)24-22-23-29(3)4/h14-17,29-33H,6-13,18-28H2,1-5H3/b16-14-,17-15-. The minimum Gasteiger partial charge on any atom is -0.393 e. The van der Waals surface area contributed by atoms with Crippen molar-refractivity contribution in [3.05, 3.63) is 24.3 Å². The van der Waals surface area contributed by atoms with Crippen molar-refractivity contribution in [1.82, 2.24) is 0 Å². The van der Waals surface area contributed by atoms with Gasteiger partial charge in [-0.05, 0) is 94.8 Å². The van der Waals surface area contributed by atoms with Crippen LogP contribution in [0, 0.1) is 17.8 Å². The number of aliphatic hydroxyl groups excluding tert-OH is 1. The number of hydrogen-bond acceptors (Lipinski definition) is 1. The topological polar surface area (TPSA) is 20.2 Å². The lowest BCUT2D eigenvalue weighted by Gasteiger charge is -2.24. The molecule has 0 bridgehead atoms. The fourth-order valence-corrected chi connectivity index (χ4v) is 4.73. The van der Waals surface area contributed by atoms with Gasteiger partial charge in [-0.1, -0.05) is 104 Å². The molecule has 0 aromatic heterocycles. The molecular weight excluding hydrogens is 400 g/mol. The van der Waals surface area contributed by atoms with E-state index in [2.05, 4.69) is 58.9 Å². The fourth-order valence-electron chi connectivity index (χ4n) is 4.73. The highest BCUT2D eigenvalue weighted by molar-refractivity contribution is 4.84. The maximum Gasteiger partial charge on any atom is 0.0568 e. The molecule has 2 atom stereocenters. The Morgan fingerprint density at radius 1 is 0.515 bits per heavy atom. The molecule has 0 radical (unpaired) electrons. The number of unbranched alkanes of at least 4 members (excludes halogenated alkanes) is 8. The first-order valence-corrected chi connectivity index (χ1v) is 15.0. The molecule has 196 valence electrons. The van der Waals surface area contributed by atoms with Crippen molar-refractivity contribution < 1.29 is 5.11 Å². The Kier molecular flexibility index (Phi) is 24.1. The molecule has 1 heteroatoms. The summed E-state index contributed by atoms with van der Waals surface area (Å²) in [7, 11) is 0. The van der Waals surface area contributed by atoms with E-state index in [-0.39, 0.29) is 6.10 Å². The highest BCUT2D eigenvalue weighted by atomic mass is 16.3. The van der Waals surface area contributed by atoms with E-state index < -0.39 is 0 Å². The van der Waals surface area contributed by atoms with Crippen LogP contribution in [0.25, 0.3) is 0 Å². The summed E-state index contributed by atoms with van der Waals surface area (Å²) < 4.78 is 0. The zero-order valence-electron chi connectivity index (χ0n) is 23.5. The Morgan fingerprint density at radius 3 is 1.45 bits per heavy atom. The maximum absolute atomic E-state index is 11.0. The Morgan fingerprint density at radius 2 is 1.00 bits per heavy atom. The number of aliphatic hydroxyl groups is 1. The zero-order chi connectivity index (χ0) is 24.6. The van der Waals surface area contributed by atoms with E-state index >= 15 is 0 Å². The van der Waals surface area contributed by atoms with Crippen LogP contribution < -0.4 is 0 Å². The van der Waals surface area contributed by atoms with E-state index in [1.54, 1.807) is 0 Å². The molecule has 0 aliphatic heterocycles. The van der Waals surface area contributed by atoms with Crippen LogP contribution in [-0.2, 0) is 0 Å². The predicted molar refractivity (Wildman–Crippen MR) is 151 cm³/mol. The second-order valence-electron chi connectivity index (χ2n) is 11.1. The second kappa shape index (κ2) is 24.6. The molecule has 0 heterocycles. The maximum atomic E-state index is 11.0. The number of rotatable bonds is 24. The predicted octanol–water partition coefficient (Wildman–Crippen LogP) is 10.8. The van der Waals surface area contributed by atoms with Crippen molar-refractivity contribution in [2.45, 2.75) is 163 Å². The zero-order valence-corrected chi connectivity index (χ0v) is 23.5. The quantitative estimate of drug-likeness (QED) is 0.112. The SMILES string of the molecule is CCCCC/C=C\CCCC(CCC/C=C\CCCCC)C(O)CCC(C)CCCC(C)C. The van der Waals surface area contributed by atoms with Gasteiger partial charge in [0.15, 0.2) is 0 Å². The number of hydrogen-bond donors (Lipinski definition) is 1. The number of allylic oxidation sites excluding steroid dienone is 4. The van der Waals surface area contributed by atoms with Gasteiger partial charge in [0.2, 0.25) is 0 Å². The van der Waals surface area contributed by atoms with E-state index in [9.17, 15) is 5.11 Å². The molecule has 0 aliphatic rings. The summed E-state index contributed by atoms with van der Waals surface area (Å²) >= 11 is 0. The van der Waals surface area contributed by atoms with Crippen molar-refractivity contribution in [3.63, 3.8) is 0 Å². The van der Waals surface area contributed by atoms with E-state index in [1.165, 1.54) is 116 Å². The lowest BCUT2D eigenvalue weighted by molar-refractivity contribution is 0.0803. The van der Waals surface area contributed by atoms with Crippen molar-refractivity contribution in [2.24, 2.45) is 17.8 Å². The molecule has 0 saturated heterocycles. The molecule has 0 aliphatic carbocycles. The third-order valence-corrected chi connectivity index (χ3v) is 7.15.